The Kier molecular flexibility index (Phi) is 5.27. The van der Waals surface area contributed by atoms with Gasteiger partial charge in [0.05, 0.1) is 0 Å². The number of benzene rings is 3. The van der Waals surface area contributed by atoms with E-state index in [2.05, 4.69) is 24.3 Å². The smallest absolute Gasteiger partial charge is 0.224 e. The Bertz CT molecular complexity index is 730. The zero-order valence-electron chi connectivity index (χ0n) is 12.8. The minimum absolute atomic E-state index is 0.129. The van der Waals surface area contributed by atoms with Gasteiger partial charge in [-0.3, -0.25) is 4.79 Å². The van der Waals surface area contributed by atoms with E-state index in [4.69, 9.17) is 0 Å². The molecule has 0 atom stereocenters. The molecule has 0 spiro atoms. The first-order valence-corrected chi connectivity index (χ1v) is 10.2. The largest absolute Gasteiger partial charge is 0.281 e. The van der Waals surface area contributed by atoms with E-state index in [1.165, 1.54) is 27.6 Å². The first-order valence-electron chi connectivity index (χ1n) is 7.43. The van der Waals surface area contributed by atoms with Crippen LogP contribution in [0.15, 0.2) is 84.9 Å². The fourth-order valence-electron chi connectivity index (χ4n) is 2.21. The fourth-order valence-corrected chi connectivity index (χ4v) is 6.19. The van der Waals surface area contributed by atoms with Crippen LogP contribution in [0.3, 0.4) is 0 Å². The van der Waals surface area contributed by atoms with Crippen LogP contribution in [0.1, 0.15) is 15.9 Å². The quantitative estimate of drug-likeness (QED) is 0.629. The Balaban J connectivity index is 1.90. The molecule has 3 aromatic rings. The highest BCUT2D eigenvalue weighted by Crippen LogP contribution is 2.49. The summed E-state index contributed by atoms with van der Waals surface area (Å²) in [5, 5.41) is 2.54. The normalized spacial score (nSPS) is 10.7. The van der Waals surface area contributed by atoms with Gasteiger partial charge in [-0.05, 0) is 28.9 Å². The van der Waals surface area contributed by atoms with Gasteiger partial charge in [0, 0.05) is 12.7 Å². The third-order valence-corrected chi connectivity index (χ3v) is 7.87. The van der Waals surface area contributed by atoms with E-state index >= 15 is 0 Å². The maximum Gasteiger partial charge on any atom is 0.224 e. The molecule has 3 heteroatoms. The SMILES string of the molecule is Cc1ccc(C(=O)SP(c2ccccc2)c2ccccc2)cc1. The fraction of sp³-hybridized carbons (Fsp3) is 0.0500. The highest BCUT2D eigenvalue weighted by atomic mass is 32.7. The van der Waals surface area contributed by atoms with Gasteiger partial charge < -0.3 is 0 Å². The molecule has 0 heterocycles. The summed E-state index contributed by atoms with van der Waals surface area (Å²) in [6.07, 6.45) is 0. The van der Waals surface area contributed by atoms with Crippen LogP contribution in [0.25, 0.3) is 0 Å². The summed E-state index contributed by atoms with van der Waals surface area (Å²) in [7, 11) is -0.754. The molecule has 0 saturated heterocycles. The summed E-state index contributed by atoms with van der Waals surface area (Å²) in [6.45, 7) is 2.03. The second-order valence-corrected chi connectivity index (χ2v) is 9.03. The second-order valence-electron chi connectivity index (χ2n) is 5.21. The Morgan fingerprint density at radius 2 is 1.22 bits per heavy atom. The number of aryl methyl sites for hydroxylation is 1. The van der Waals surface area contributed by atoms with Gasteiger partial charge in [-0.25, -0.2) is 0 Å². The van der Waals surface area contributed by atoms with Gasteiger partial charge in [0.2, 0.25) is 5.12 Å². The molecule has 3 rings (SSSR count). The minimum atomic E-state index is -0.754. The molecule has 23 heavy (non-hydrogen) atoms. The summed E-state index contributed by atoms with van der Waals surface area (Å²) < 4.78 is 0. The first-order chi connectivity index (χ1) is 11.2. The predicted molar refractivity (Wildman–Crippen MR) is 102 cm³/mol. The lowest BCUT2D eigenvalue weighted by Crippen LogP contribution is -2.10. The molecule has 114 valence electrons. The number of carbonyl (C=O) groups is 1. The van der Waals surface area contributed by atoms with E-state index in [1.54, 1.807) is 0 Å². The molecular formula is C20H17OPS. The molecule has 0 N–H and O–H groups in total. The van der Waals surface area contributed by atoms with Crippen LogP contribution in [-0.2, 0) is 0 Å². The number of hydrogen-bond acceptors (Lipinski definition) is 2. The van der Waals surface area contributed by atoms with Crippen molar-refractivity contribution in [3.8, 4) is 0 Å². The van der Waals surface area contributed by atoms with E-state index in [1.807, 2.05) is 67.6 Å². The average molecular weight is 336 g/mol. The van der Waals surface area contributed by atoms with Crippen molar-refractivity contribution in [2.45, 2.75) is 6.92 Å². The van der Waals surface area contributed by atoms with E-state index in [9.17, 15) is 4.79 Å². The molecule has 0 saturated carbocycles. The van der Waals surface area contributed by atoms with Crippen LogP contribution in [0.5, 0.6) is 0 Å². The van der Waals surface area contributed by atoms with Crippen molar-refractivity contribution in [1.82, 2.24) is 0 Å². The Morgan fingerprint density at radius 3 is 1.70 bits per heavy atom. The van der Waals surface area contributed by atoms with Gasteiger partial charge in [0.25, 0.3) is 0 Å². The lowest BCUT2D eigenvalue weighted by atomic mass is 10.2. The topological polar surface area (TPSA) is 17.1 Å². The Hall–Kier alpha value is -1.89. The maximum absolute atomic E-state index is 12.7. The highest BCUT2D eigenvalue weighted by molar-refractivity contribution is 8.67. The summed E-state index contributed by atoms with van der Waals surface area (Å²) in [5.74, 6) is 0. The van der Waals surface area contributed by atoms with Crippen molar-refractivity contribution in [1.29, 1.82) is 0 Å². The maximum atomic E-state index is 12.7. The monoisotopic (exact) mass is 336 g/mol. The third kappa shape index (κ3) is 4.10. The van der Waals surface area contributed by atoms with E-state index in [0.717, 1.165) is 5.56 Å². The minimum Gasteiger partial charge on any atom is -0.281 e. The molecule has 0 amide bonds. The van der Waals surface area contributed by atoms with Crippen molar-refractivity contribution in [3.63, 3.8) is 0 Å². The Morgan fingerprint density at radius 1 is 0.739 bits per heavy atom. The molecule has 0 aromatic heterocycles. The summed E-state index contributed by atoms with van der Waals surface area (Å²) in [6, 6.07) is 28.4. The molecule has 0 radical (unpaired) electrons. The molecule has 0 unspecified atom stereocenters. The first kappa shape index (κ1) is 16.0. The number of carbonyl (C=O) groups excluding carboxylic acids is 1. The van der Waals surface area contributed by atoms with Gasteiger partial charge in [0.1, 0.15) is 0 Å². The van der Waals surface area contributed by atoms with Crippen molar-refractivity contribution in [2.24, 2.45) is 0 Å². The van der Waals surface area contributed by atoms with Gasteiger partial charge in [-0.15, -0.1) is 0 Å². The molecule has 3 aromatic carbocycles. The third-order valence-electron chi connectivity index (χ3n) is 3.44. The van der Waals surface area contributed by atoms with Crippen LogP contribution in [-0.4, -0.2) is 5.12 Å². The zero-order valence-corrected chi connectivity index (χ0v) is 14.6. The van der Waals surface area contributed by atoms with Crippen LogP contribution in [0.2, 0.25) is 0 Å². The van der Waals surface area contributed by atoms with Gasteiger partial charge >= 0.3 is 0 Å². The lowest BCUT2D eigenvalue weighted by Gasteiger charge is -2.16. The van der Waals surface area contributed by atoms with E-state index < -0.39 is 7.12 Å². The zero-order chi connectivity index (χ0) is 16.1. The van der Waals surface area contributed by atoms with Gasteiger partial charge in [0.15, 0.2) is 0 Å². The average Bonchev–Trinajstić information content (AvgIpc) is 2.61. The second kappa shape index (κ2) is 7.59. The van der Waals surface area contributed by atoms with Crippen molar-refractivity contribution in [2.75, 3.05) is 0 Å². The molecule has 0 aliphatic rings. The molecule has 0 aliphatic heterocycles. The highest BCUT2D eigenvalue weighted by Gasteiger charge is 2.19. The van der Waals surface area contributed by atoms with Crippen LogP contribution < -0.4 is 10.6 Å². The van der Waals surface area contributed by atoms with Gasteiger partial charge in [-0.1, -0.05) is 90.5 Å². The van der Waals surface area contributed by atoms with Gasteiger partial charge in [-0.2, -0.15) is 0 Å². The van der Waals surface area contributed by atoms with E-state index in [-0.39, 0.29) is 5.12 Å². The summed E-state index contributed by atoms with van der Waals surface area (Å²) in [4.78, 5) is 12.7. The molecule has 0 fully saturated rings. The van der Waals surface area contributed by atoms with Crippen LogP contribution in [0, 0.1) is 6.92 Å². The van der Waals surface area contributed by atoms with Crippen molar-refractivity contribution >= 4 is 34.2 Å². The molecule has 0 bridgehead atoms. The van der Waals surface area contributed by atoms with Crippen molar-refractivity contribution < 1.29 is 4.79 Å². The lowest BCUT2D eigenvalue weighted by molar-refractivity contribution is 0.109. The Labute approximate surface area is 142 Å². The van der Waals surface area contributed by atoms with Crippen molar-refractivity contribution in [3.05, 3.63) is 96.1 Å². The van der Waals surface area contributed by atoms with E-state index in [0.29, 0.717) is 0 Å². The number of hydrogen-bond donors (Lipinski definition) is 0. The van der Waals surface area contributed by atoms with Crippen LogP contribution >= 0.6 is 18.5 Å². The predicted octanol–water partition coefficient (Wildman–Crippen LogP) is 4.92. The summed E-state index contributed by atoms with van der Waals surface area (Å²) in [5.41, 5.74) is 1.93. The summed E-state index contributed by atoms with van der Waals surface area (Å²) >= 11 is 1.44. The molecule has 0 aliphatic carbocycles. The number of rotatable bonds is 4. The van der Waals surface area contributed by atoms with Crippen LogP contribution in [0.4, 0.5) is 0 Å². The molecule has 1 nitrogen and oxygen atoms in total. The molecular weight excluding hydrogens is 319 g/mol. The standard InChI is InChI=1S/C20H17OPS/c1-16-12-14-17(15-13-16)20(21)23-22(18-8-4-2-5-9-18)19-10-6-3-7-11-19/h2-15H,1H3.